The lowest BCUT2D eigenvalue weighted by Gasteiger charge is -2.19. The highest BCUT2D eigenvalue weighted by Crippen LogP contribution is 2.23. The van der Waals surface area contributed by atoms with E-state index >= 15 is 0 Å². The van der Waals surface area contributed by atoms with Crippen LogP contribution >= 0.6 is 0 Å². The van der Waals surface area contributed by atoms with Gasteiger partial charge in [-0.2, -0.15) is 0 Å². The Morgan fingerprint density at radius 1 is 1.12 bits per heavy atom. The molecule has 0 saturated heterocycles. The minimum Gasteiger partial charge on any atom is -0.319 e. The van der Waals surface area contributed by atoms with Crippen LogP contribution in [0.4, 0.5) is 0 Å². The van der Waals surface area contributed by atoms with Gasteiger partial charge in [-0.1, -0.05) is 32.9 Å². The van der Waals surface area contributed by atoms with E-state index in [1.807, 2.05) is 12.1 Å². The smallest absolute Gasteiger partial charge is 0.179 e. The van der Waals surface area contributed by atoms with E-state index in [2.05, 4.69) is 26.1 Å². The molecule has 0 aliphatic rings. The van der Waals surface area contributed by atoms with E-state index in [0.29, 0.717) is 11.4 Å². The molecule has 1 N–H and O–H groups in total. The second kappa shape index (κ2) is 5.19. The van der Waals surface area contributed by atoms with Crippen molar-refractivity contribution in [3.63, 3.8) is 0 Å². The van der Waals surface area contributed by atoms with Gasteiger partial charge in [0.05, 0.1) is 10.6 Å². The van der Waals surface area contributed by atoms with Gasteiger partial charge in [0.2, 0.25) is 0 Å². The summed E-state index contributed by atoms with van der Waals surface area (Å²) in [5.74, 6) is 0.137. The highest BCUT2D eigenvalue weighted by Gasteiger charge is 2.17. The summed E-state index contributed by atoms with van der Waals surface area (Å²) in [5.41, 5.74) is 1.19. The van der Waals surface area contributed by atoms with Gasteiger partial charge in [0.1, 0.15) is 0 Å². The maximum atomic E-state index is 11.9. The van der Waals surface area contributed by atoms with Crippen molar-refractivity contribution in [2.45, 2.75) is 31.1 Å². The Kier molecular flexibility index (Phi) is 4.33. The maximum Gasteiger partial charge on any atom is 0.179 e. The van der Waals surface area contributed by atoms with Crippen LogP contribution in [0.5, 0.6) is 0 Å². The van der Waals surface area contributed by atoms with Crippen molar-refractivity contribution >= 4 is 9.84 Å². The topological polar surface area (TPSA) is 46.2 Å². The van der Waals surface area contributed by atoms with Gasteiger partial charge >= 0.3 is 0 Å². The molecule has 0 aliphatic carbocycles. The van der Waals surface area contributed by atoms with Crippen LogP contribution in [0.3, 0.4) is 0 Å². The summed E-state index contributed by atoms with van der Waals surface area (Å²) in [4.78, 5) is 0.403. The van der Waals surface area contributed by atoms with Gasteiger partial charge in [-0.15, -0.1) is 0 Å². The standard InChI is InChI=1S/C13H21NO2S/c1-13(2,3)11-5-7-12(8-6-11)17(15,16)10-9-14-4/h5-8,14H,9-10H2,1-4H3. The lowest BCUT2D eigenvalue weighted by molar-refractivity contribution is 0.585. The Morgan fingerprint density at radius 3 is 2.06 bits per heavy atom. The van der Waals surface area contributed by atoms with Gasteiger partial charge in [0, 0.05) is 6.54 Å². The minimum atomic E-state index is -3.15. The van der Waals surface area contributed by atoms with E-state index in [-0.39, 0.29) is 11.2 Å². The van der Waals surface area contributed by atoms with E-state index in [4.69, 9.17) is 0 Å². The molecule has 4 heteroatoms. The van der Waals surface area contributed by atoms with Gasteiger partial charge < -0.3 is 5.32 Å². The summed E-state index contributed by atoms with van der Waals surface area (Å²) in [6, 6.07) is 7.19. The highest BCUT2D eigenvalue weighted by molar-refractivity contribution is 7.91. The number of nitrogens with one attached hydrogen (secondary N) is 1. The Balaban J connectivity index is 2.95. The number of sulfone groups is 1. The summed E-state index contributed by atoms with van der Waals surface area (Å²) in [5, 5.41) is 2.85. The molecule has 0 fully saturated rings. The first-order valence-electron chi connectivity index (χ1n) is 5.75. The van der Waals surface area contributed by atoms with Crippen molar-refractivity contribution in [1.82, 2.24) is 5.32 Å². The molecule has 0 radical (unpaired) electrons. The monoisotopic (exact) mass is 255 g/mol. The molecule has 0 aliphatic heterocycles. The van der Waals surface area contributed by atoms with Gasteiger partial charge in [0.15, 0.2) is 9.84 Å². The predicted octanol–water partition coefficient (Wildman–Crippen LogP) is 1.98. The zero-order chi connectivity index (χ0) is 13.1. The molecule has 0 unspecified atom stereocenters. The summed E-state index contributed by atoms with van der Waals surface area (Å²) in [6.07, 6.45) is 0. The second-order valence-corrected chi connectivity index (χ2v) is 7.31. The third-order valence-corrected chi connectivity index (χ3v) is 4.43. The number of hydrogen-bond donors (Lipinski definition) is 1. The third kappa shape index (κ3) is 3.82. The SMILES string of the molecule is CNCCS(=O)(=O)c1ccc(C(C)(C)C)cc1. The zero-order valence-electron chi connectivity index (χ0n) is 10.9. The Hall–Kier alpha value is -0.870. The number of benzene rings is 1. The summed E-state index contributed by atoms with van der Waals surface area (Å²) >= 11 is 0. The fourth-order valence-corrected chi connectivity index (χ4v) is 2.78. The largest absolute Gasteiger partial charge is 0.319 e. The molecule has 0 heterocycles. The van der Waals surface area contributed by atoms with Crippen molar-refractivity contribution in [3.05, 3.63) is 29.8 Å². The summed E-state index contributed by atoms with van der Waals surface area (Å²) in [6.45, 7) is 6.80. The van der Waals surface area contributed by atoms with Crippen LogP contribution < -0.4 is 5.32 Å². The van der Waals surface area contributed by atoms with Crippen LogP contribution in [0.25, 0.3) is 0 Å². The molecule has 0 bridgehead atoms. The van der Waals surface area contributed by atoms with Crippen molar-refractivity contribution in [2.24, 2.45) is 0 Å². The third-order valence-electron chi connectivity index (χ3n) is 2.70. The molecule has 0 saturated carbocycles. The van der Waals surface area contributed by atoms with Crippen LogP contribution in [-0.2, 0) is 15.3 Å². The first-order chi connectivity index (χ1) is 7.77. The summed E-state index contributed by atoms with van der Waals surface area (Å²) in [7, 11) is -1.40. The predicted molar refractivity (Wildman–Crippen MR) is 71.1 cm³/mol. The van der Waals surface area contributed by atoms with E-state index in [9.17, 15) is 8.42 Å². The molecule has 0 spiro atoms. The molecular weight excluding hydrogens is 234 g/mol. The number of rotatable bonds is 4. The Labute approximate surface area is 104 Å². The van der Waals surface area contributed by atoms with E-state index in [0.717, 1.165) is 5.56 Å². The average molecular weight is 255 g/mol. The van der Waals surface area contributed by atoms with Gasteiger partial charge in [-0.3, -0.25) is 0 Å². The molecule has 0 atom stereocenters. The fourth-order valence-electron chi connectivity index (χ4n) is 1.52. The van der Waals surface area contributed by atoms with Crippen LogP contribution in [-0.4, -0.2) is 27.8 Å². The van der Waals surface area contributed by atoms with Crippen molar-refractivity contribution in [1.29, 1.82) is 0 Å². The normalized spacial score (nSPS) is 12.7. The van der Waals surface area contributed by atoms with Crippen LogP contribution in [0, 0.1) is 0 Å². The molecule has 0 aromatic heterocycles. The van der Waals surface area contributed by atoms with E-state index in [1.54, 1.807) is 19.2 Å². The van der Waals surface area contributed by atoms with Crippen LogP contribution in [0.2, 0.25) is 0 Å². The lowest BCUT2D eigenvalue weighted by atomic mass is 9.87. The average Bonchev–Trinajstić information content (AvgIpc) is 2.25. The van der Waals surface area contributed by atoms with Crippen LogP contribution in [0.1, 0.15) is 26.3 Å². The van der Waals surface area contributed by atoms with Crippen molar-refractivity contribution < 1.29 is 8.42 Å². The van der Waals surface area contributed by atoms with Crippen molar-refractivity contribution in [2.75, 3.05) is 19.3 Å². The maximum absolute atomic E-state index is 11.9. The van der Waals surface area contributed by atoms with E-state index < -0.39 is 9.84 Å². The molecule has 96 valence electrons. The second-order valence-electron chi connectivity index (χ2n) is 5.20. The minimum absolute atomic E-state index is 0.0489. The Morgan fingerprint density at radius 2 is 1.65 bits per heavy atom. The molecule has 17 heavy (non-hydrogen) atoms. The highest BCUT2D eigenvalue weighted by atomic mass is 32.2. The van der Waals surface area contributed by atoms with Crippen molar-refractivity contribution in [3.8, 4) is 0 Å². The zero-order valence-corrected chi connectivity index (χ0v) is 11.8. The van der Waals surface area contributed by atoms with Crippen LogP contribution in [0.15, 0.2) is 29.2 Å². The fraction of sp³-hybridized carbons (Fsp3) is 0.538. The molecule has 0 amide bonds. The van der Waals surface area contributed by atoms with Gasteiger partial charge in [0.25, 0.3) is 0 Å². The molecule has 1 aromatic rings. The van der Waals surface area contributed by atoms with Gasteiger partial charge in [-0.25, -0.2) is 8.42 Å². The Bertz CT molecular complexity index is 455. The van der Waals surface area contributed by atoms with Gasteiger partial charge in [-0.05, 0) is 30.2 Å². The lowest BCUT2D eigenvalue weighted by Crippen LogP contribution is -2.19. The molecule has 3 nitrogen and oxygen atoms in total. The number of hydrogen-bond acceptors (Lipinski definition) is 3. The quantitative estimate of drug-likeness (QED) is 0.895. The molecular formula is C13H21NO2S. The first kappa shape index (κ1) is 14.2. The first-order valence-corrected chi connectivity index (χ1v) is 7.40. The molecule has 1 rings (SSSR count). The van der Waals surface area contributed by atoms with E-state index in [1.165, 1.54) is 0 Å². The molecule has 1 aromatic carbocycles. The summed E-state index contributed by atoms with van der Waals surface area (Å²) < 4.78 is 23.8.